The summed E-state index contributed by atoms with van der Waals surface area (Å²) in [7, 11) is 0. The van der Waals surface area contributed by atoms with Crippen molar-refractivity contribution in [2.45, 2.75) is 44.1 Å². The van der Waals surface area contributed by atoms with E-state index >= 15 is 0 Å². The van der Waals surface area contributed by atoms with Gasteiger partial charge in [-0.1, -0.05) is 24.6 Å². The highest BCUT2D eigenvalue weighted by molar-refractivity contribution is 5.38. The first kappa shape index (κ1) is 13.9. The third kappa shape index (κ3) is 2.99. The quantitative estimate of drug-likeness (QED) is 0.917. The summed E-state index contributed by atoms with van der Waals surface area (Å²) in [6.07, 6.45) is 6.31. The number of ether oxygens (including phenoxy) is 1. The lowest BCUT2D eigenvalue weighted by molar-refractivity contribution is 0.122. The second-order valence-electron chi connectivity index (χ2n) is 6.09. The molecule has 1 aromatic rings. The summed E-state index contributed by atoms with van der Waals surface area (Å²) < 4.78 is 5.78. The van der Waals surface area contributed by atoms with Gasteiger partial charge < -0.3 is 10.5 Å². The minimum atomic E-state index is 0.623. The molecule has 0 aromatic heterocycles. The lowest BCUT2D eigenvalue weighted by Gasteiger charge is -2.39. The van der Waals surface area contributed by atoms with E-state index in [1.165, 1.54) is 37.9 Å². The Labute approximate surface area is 122 Å². The van der Waals surface area contributed by atoms with E-state index in [1.807, 2.05) is 0 Å². The number of rotatable bonds is 4. The number of nitrogens with zero attached hydrogens (tertiary/aromatic N) is 1. The normalized spacial score (nSPS) is 26.9. The molecule has 0 aliphatic carbocycles. The van der Waals surface area contributed by atoms with Crippen LogP contribution in [0, 0.1) is 0 Å². The second-order valence-corrected chi connectivity index (χ2v) is 6.09. The molecular formula is C17H26N2O. The van der Waals surface area contributed by atoms with Crippen LogP contribution >= 0.6 is 0 Å². The van der Waals surface area contributed by atoms with Crippen molar-refractivity contribution in [3.05, 3.63) is 29.8 Å². The largest absolute Gasteiger partial charge is 0.493 e. The van der Waals surface area contributed by atoms with Crippen LogP contribution in [-0.4, -0.2) is 37.2 Å². The summed E-state index contributed by atoms with van der Waals surface area (Å²) in [5, 5.41) is 0. The standard InChI is InChI=1S/C17H26N2O/c18-10-8-15-5-3-4-11-19(15)13-14-9-12-20-17-7-2-1-6-16(14)17/h1-2,6-7,14-15H,3-5,8-13,18H2. The van der Waals surface area contributed by atoms with Crippen molar-refractivity contribution in [2.75, 3.05) is 26.2 Å². The molecule has 110 valence electrons. The fourth-order valence-electron chi connectivity index (χ4n) is 3.71. The smallest absolute Gasteiger partial charge is 0.122 e. The summed E-state index contributed by atoms with van der Waals surface area (Å²) in [5.74, 6) is 1.72. The molecule has 3 nitrogen and oxygen atoms in total. The lowest BCUT2D eigenvalue weighted by atomic mass is 9.90. The van der Waals surface area contributed by atoms with Crippen molar-refractivity contribution < 1.29 is 4.74 Å². The minimum Gasteiger partial charge on any atom is -0.493 e. The third-order valence-corrected chi connectivity index (χ3v) is 4.79. The monoisotopic (exact) mass is 274 g/mol. The number of fused-ring (bicyclic) bond motifs is 1. The summed E-state index contributed by atoms with van der Waals surface area (Å²) >= 11 is 0. The Balaban J connectivity index is 1.71. The molecule has 0 amide bonds. The van der Waals surface area contributed by atoms with Gasteiger partial charge in [-0.3, -0.25) is 4.90 Å². The van der Waals surface area contributed by atoms with Crippen LogP contribution in [0.3, 0.4) is 0 Å². The first-order chi connectivity index (χ1) is 9.88. The maximum absolute atomic E-state index is 5.78. The molecule has 0 saturated carbocycles. The number of benzene rings is 1. The highest BCUT2D eigenvalue weighted by atomic mass is 16.5. The Morgan fingerprint density at radius 1 is 1.20 bits per heavy atom. The van der Waals surface area contributed by atoms with Crippen LogP contribution in [0.1, 0.15) is 43.6 Å². The van der Waals surface area contributed by atoms with Gasteiger partial charge in [-0.05, 0) is 50.4 Å². The molecule has 0 radical (unpaired) electrons. The van der Waals surface area contributed by atoms with E-state index in [2.05, 4.69) is 29.2 Å². The SMILES string of the molecule is NCCC1CCCCN1CC1CCOc2ccccc21. The zero-order chi connectivity index (χ0) is 13.8. The van der Waals surface area contributed by atoms with Gasteiger partial charge in [0.15, 0.2) is 0 Å². The van der Waals surface area contributed by atoms with E-state index < -0.39 is 0 Å². The highest BCUT2D eigenvalue weighted by Gasteiger charge is 2.28. The molecule has 2 unspecified atom stereocenters. The number of piperidine rings is 1. The van der Waals surface area contributed by atoms with Crippen molar-refractivity contribution >= 4 is 0 Å². The number of para-hydroxylation sites is 1. The summed E-state index contributed by atoms with van der Waals surface area (Å²) in [6.45, 7) is 4.08. The van der Waals surface area contributed by atoms with Gasteiger partial charge in [-0.15, -0.1) is 0 Å². The van der Waals surface area contributed by atoms with Crippen LogP contribution in [-0.2, 0) is 0 Å². The second kappa shape index (κ2) is 6.59. The van der Waals surface area contributed by atoms with Crippen LogP contribution in [0.5, 0.6) is 5.75 Å². The fraction of sp³-hybridized carbons (Fsp3) is 0.647. The van der Waals surface area contributed by atoms with Gasteiger partial charge in [-0.2, -0.15) is 0 Å². The Hall–Kier alpha value is -1.06. The predicted molar refractivity (Wildman–Crippen MR) is 82.2 cm³/mol. The van der Waals surface area contributed by atoms with Crippen molar-refractivity contribution in [2.24, 2.45) is 5.73 Å². The molecule has 0 spiro atoms. The third-order valence-electron chi connectivity index (χ3n) is 4.79. The van der Waals surface area contributed by atoms with Crippen molar-refractivity contribution in [1.82, 2.24) is 4.90 Å². The average molecular weight is 274 g/mol. The van der Waals surface area contributed by atoms with E-state index in [4.69, 9.17) is 10.5 Å². The zero-order valence-corrected chi connectivity index (χ0v) is 12.3. The minimum absolute atomic E-state index is 0.623. The molecule has 3 rings (SSSR count). The van der Waals surface area contributed by atoms with Crippen molar-refractivity contribution in [3.63, 3.8) is 0 Å². The molecule has 1 fully saturated rings. The maximum Gasteiger partial charge on any atom is 0.122 e. The van der Waals surface area contributed by atoms with Gasteiger partial charge in [0.05, 0.1) is 6.61 Å². The topological polar surface area (TPSA) is 38.5 Å². The molecule has 20 heavy (non-hydrogen) atoms. The highest BCUT2D eigenvalue weighted by Crippen LogP contribution is 2.35. The van der Waals surface area contributed by atoms with Crippen molar-refractivity contribution in [3.8, 4) is 5.75 Å². The Bertz CT molecular complexity index is 433. The van der Waals surface area contributed by atoms with Crippen LogP contribution < -0.4 is 10.5 Å². The van der Waals surface area contributed by atoms with Gasteiger partial charge in [0.2, 0.25) is 0 Å². The number of nitrogens with two attached hydrogens (primary N) is 1. The number of likely N-dealkylation sites (tertiary alicyclic amines) is 1. The average Bonchev–Trinajstić information content (AvgIpc) is 2.50. The number of hydrogen-bond donors (Lipinski definition) is 1. The Morgan fingerprint density at radius 3 is 3.00 bits per heavy atom. The lowest BCUT2D eigenvalue weighted by Crippen LogP contribution is -2.43. The molecule has 0 bridgehead atoms. The molecule has 2 heterocycles. The van der Waals surface area contributed by atoms with Crippen LogP contribution in [0.15, 0.2) is 24.3 Å². The molecule has 2 N–H and O–H groups in total. The maximum atomic E-state index is 5.78. The Morgan fingerprint density at radius 2 is 2.10 bits per heavy atom. The van der Waals surface area contributed by atoms with E-state index in [1.54, 1.807) is 0 Å². The Kier molecular flexibility index (Phi) is 4.58. The molecule has 1 saturated heterocycles. The summed E-state index contributed by atoms with van der Waals surface area (Å²) in [5.41, 5.74) is 7.18. The van der Waals surface area contributed by atoms with Gasteiger partial charge in [-0.25, -0.2) is 0 Å². The van der Waals surface area contributed by atoms with E-state index in [0.717, 1.165) is 31.7 Å². The van der Waals surface area contributed by atoms with Gasteiger partial charge in [0, 0.05) is 18.5 Å². The predicted octanol–water partition coefficient (Wildman–Crippen LogP) is 2.76. The molecular weight excluding hydrogens is 248 g/mol. The van der Waals surface area contributed by atoms with Gasteiger partial charge in [0.1, 0.15) is 5.75 Å². The summed E-state index contributed by atoms with van der Waals surface area (Å²) in [6, 6.07) is 9.24. The molecule has 3 heteroatoms. The number of hydrogen-bond acceptors (Lipinski definition) is 3. The molecule has 1 aromatic carbocycles. The zero-order valence-electron chi connectivity index (χ0n) is 12.3. The van der Waals surface area contributed by atoms with Gasteiger partial charge in [0.25, 0.3) is 0 Å². The summed E-state index contributed by atoms with van der Waals surface area (Å²) in [4.78, 5) is 2.68. The van der Waals surface area contributed by atoms with Crippen LogP contribution in [0.2, 0.25) is 0 Å². The van der Waals surface area contributed by atoms with E-state index in [9.17, 15) is 0 Å². The van der Waals surface area contributed by atoms with Gasteiger partial charge >= 0.3 is 0 Å². The molecule has 2 aliphatic heterocycles. The first-order valence-corrected chi connectivity index (χ1v) is 8.04. The molecule has 2 atom stereocenters. The fourth-order valence-corrected chi connectivity index (χ4v) is 3.71. The first-order valence-electron chi connectivity index (χ1n) is 8.04. The molecule has 2 aliphatic rings. The van der Waals surface area contributed by atoms with E-state index in [0.29, 0.717) is 12.0 Å². The van der Waals surface area contributed by atoms with E-state index in [-0.39, 0.29) is 0 Å². The van der Waals surface area contributed by atoms with Crippen LogP contribution in [0.25, 0.3) is 0 Å². The van der Waals surface area contributed by atoms with Crippen molar-refractivity contribution in [1.29, 1.82) is 0 Å². The van der Waals surface area contributed by atoms with Crippen LogP contribution in [0.4, 0.5) is 0 Å².